The lowest BCUT2D eigenvalue weighted by Gasteiger charge is -2.22. The van der Waals surface area contributed by atoms with Crippen molar-refractivity contribution < 1.29 is 4.79 Å². The Labute approximate surface area is 96.0 Å². The van der Waals surface area contributed by atoms with Crippen LogP contribution in [0.1, 0.15) is 44.1 Å². The van der Waals surface area contributed by atoms with E-state index in [2.05, 4.69) is 31.1 Å². The molecule has 2 N–H and O–H groups in total. The normalized spacial score (nSPS) is 13.8. The molecule has 0 amide bonds. The van der Waals surface area contributed by atoms with Crippen LogP contribution < -0.4 is 5.73 Å². The fraction of sp³-hybridized carbons (Fsp3) is 0.727. The van der Waals surface area contributed by atoms with Gasteiger partial charge in [0.05, 0.1) is 6.20 Å². The lowest BCUT2D eigenvalue weighted by Crippen LogP contribution is -2.29. The molecule has 0 aromatic carbocycles. The summed E-state index contributed by atoms with van der Waals surface area (Å²) in [5, 5.41) is 7.40. The van der Waals surface area contributed by atoms with E-state index in [0.29, 0.717) is 12.1 Å². The molecule has 0 fully saturated rings. The Bertz CT molecular complexity index is 364. The Hall–Kier alpha value is -1.23. The van der Waals surface area contributed by atoms with E-state index in [1.54, 1.807) is 7.05 Å². The molecule has 0 saturated carbocycles. The smallest absolute Gasteiger partial charge is 0.184 e. The van der Waals surface area contributed by atoms with Crippen LogP contribution >= 0.6 is 0 Å². The molecule has 1 aromatic rings. The summed E-state index contributed by atoms with van der Waals surface area (Å²) in [5.41, 5.74) is 6.61. The molecule has 90 valence electrons. The molecule has 0 saturated heterocycles. The third kappa shape index (κ3) is 3.73. The largest absolute Gasteiger partial charge is 0.327 e. The van der Waals surface area contributed by atoms with Gasteiger partial charge in [-0.1, -0.05) is 26.0 Å². The fourth-order valence-electron chi connectivity index (χ4n) is 1.74. The second-order valence-electron chi connectivity index (χ2n) is 5.40. The van der Waals surface area contributed by atoms with Crippen LogP contribution in [-0.2, 0) is 7.05 Å². The van der Waals surface area contributed by atoms with Crippen molar-refractivity contribution in [3.05, 3.63) is 11.9 Å². The Morgan fingerprint density at radius 2 is 2.19 bits per heavy atom. The lowest BCUT2D eigenvalue weighted by atomic mass is 9.86. The van der Waals surface area contributed by atoms with Crippen molar-refractivity contribution in [2.24, 2.45) is 18.2 Å². The van der Waals surface area contributed by atoms with Gasteiger partial charge in [-0.2, -0.15) is 0 Å². The summed E-state index contributed by atoms with van der Waals surface area (Å²) < 4.78 is 1.48. The van der Waals surface area contributed by atoms with Gasteiger partial charge in [-0.05, 0) is 11.8 Å². The van der Waals surface area contributed by atoms with Gasteiger partial charge in [0.1, 0.15) is 5.69 Å². The fourth-order valence-corrected chi connectivity index (χ4v) is 1.74. The second-order valence-corrected chi connectivity index (χ2v) is 5.40. The number of carbonyl (C=O) groups excluding carboxylic acids is 1. The van der Waals surface area contributed by atoms with Crippen molar-refractivity contribution >= 4 is 5.78 Å². The summed E-state index contributed by atoms with van der Waals surface area (Å²) in [7, 11) is 1.70. The predicted octanol–water partition coefficient (Wildman–Crippen LogP) is 1.15. The highest BCUT2D eigenvalue weighted by Crippen LogP contribution is 2.21. The maximum Gasteiger partial charge on any atom is 0.184 e. The quantitative estimate of drug-likeness (QED) is 0.779. The van der Waals surface area contributed by atoms with Gasteiger partial charge in [0.2, 0.25) is 0 Å². The van der Waals surface area contributed by atoms with Crippen molar-refractivity contribution in [1.82, 2.24) is 15.0 Å². The van der Waals surface area contributed by atoms with E-state index in [9.17, 15) is 4.79 Å². The maximum atomic E-state index is 11.8. The third-order valence-electron chi connectivity index (χ3n) is 2.32. The highest BCUT2D eigenvalue weighted by Gasteiger charge is 2.20. The maximum absolute atomic E-state index is 11.8. The minimum absolute atomic E-state index is 0.00394. The van der Waals surface area contributed by atoms with Crippen LogP contribution in [-0.4, -0.2) is 26.8 Å². The third-order valence-corrected chi connectivity index (χ3v) is 2.32. The molecule has 0 radical (unpaired) electrons. The first-order chi connectivity index (χ1) is 7.29. The van der Waals surface area contributed by atoms with Crippen LogP contribution in [0, 0.1) is 5.41 Å². The summed E-state index contributed by atoms with van der Waals surface area (Å²) in [6.45, 7) is 6.34. The number of Topliss-reactive ketones (excluding diaryl/α,β-unsaturated/α-hetero) is 1. The number of aryl methyl sites for hydroxylation is 1. The number of nitrogens with zero attached hydrogens (tertiary/aromatic N) is 3. The average Bonchev–Trinajstić information content (AvgIpc) is 2.47. The van der Waals surface area contributed by atoms with Gasteiger partial charge in [-0.3, -0.25) is 4.79 Å². The van der Waals surface area contributed by atoms with Crippen LogP contribution in [0.2, 0.25) is 0 Å². The standard InChI is InChI=1S/C11H20N4O/c1-11(2,3)6-8(12)5-10(16)9-7-13-14-15(9)4/h7-8H,5-6,12H2,1-4H3. The van der Waals surface area contributed by atoms with Crippen molar-refractivity contribution in [2.45, 2.75) is 39.7 Å². The highest BCUT2D eigenvalue weighted by molar-refractivity contribution is 5.94. The van der Waals surface area contributed by atoms with E-state index in [-0.39, 0.29) is 17.2 Å². The van der Waals surface area contributed by atoms with E-state index in [0.717, 1.165) is 6.42 Å². The minimum atomic E-state index is -0.109. The summed E-state index contributed by atoms with van der Waals surface area (Å²) in [4.78, 5) is 11.8. The number of ketones is 1. The number of carbonyl (C=O) groups is 1. The van der Waals surface area contributed by atoms with Crippen molar-refractivity contribution in [1.29, 1.82) is 0 Å². The molecule has 0 bridgehead atoms. The molecule has 1 unspecified atom stereocenters. The van der Waals surface area contributed by atoms with E-state index >= 15 is 0 Å². The number of rotatable bonds is 4. The number of nitrogens with two attached hydrogens (primary N) is 1. The molecular formula is C11H20N4O. The molecule has 0 aliphatic carbocycles. The van der Waals surface area contributed by atoms with Crippen molar-refractivity contribution in [3.63, 3.8) is 0 Å². The van der Waals surface area contributed by atoms with Crippen LogP contribution in [0.15, 0.2) is 6.20 Å². The Kier molecular flexibility index (Phi) is 3.80. The summed E-state index contributed by atoms with van der Waals surface area (Å²) in [6.07, 6.45) is 2.65. The zero-order valence-corrected chi connectivity index (χ0v) is 10.4. The van der Waals surface area contributed by atoms with Crippen molar-refractivity contribution in [3.8, 4) is 0 Å². The van der Waals surface area contributed by atoms with Gasteiger partial charge in [0, 0.05) is 19.5 Å². The van der Waals surface area contributed by atoms with Gasteiger partial charge in [0.25, 0.3) is 0 Å². The molecule has 16 heavy (non-hydrogen) atoms. The second kappa shape index (κ2) is 4.74. The number of hydrogen-bond donors (Lipinski definition) is 1. The van der Waals surface area contributed by atoms with Crippen LogP contribution in [0.4, 0.5) is 0 Å². The Morgan fingerprint density at radius 3 is 2.62 bits per heavy atom. The SMILES string of the molecule is Cn1nncc1C(=O)CC(N)CC(C)(C)C. The summed E-state index contributed by atoms with van der Waals surface area (Å²) in [5.74, 6) is 0.00394. The molecule has 0 aliphatic heterocycles. The predicted molar refractivity (Wildman–Crippen MR) is 62.0 cm³/mol. The van der Waals surface area contributed by atoms with Gasteiger partial charge >= 0.3 is 0 Å². The molecule has 1 aromatic heterocycles. The van der Waals surface area contributed by atoms with E-state index in [4.69, 9.17) is 5.73 Å². The number of aromatic nitrogens is 3. The monoisotopic (exact) mass is 224 g/mol. The first-order valence-electron chi connectivity index (χ1n) is 5.43. The number of hydrogen-bond acceptors (Lipinski definition) is 4. The summed E-state index contributed by atoms with van der Waals surface area (Å²) in [6, 6.07) is -0.109. The van der Waals surface area contributed by atoms with E-state index in [1.165, 1.54) is 10.9 Å². The van der Waals surface area contributed by atoms with Gasteiger partial charge in [-0.25, -0.2) is 4.68 Å². The first-order valence-corrected chi connectivity index (χ1v) is 5.43. The first kappa shape index (κ1) is 12.8. The van der Waals surface area contributed by atoms with E-state index in [1.807, 2.05) is 0 Å². The zero-order valence-electron chi connectivity index (χ0n) is 10.4. The molecule has 0 spiro atoms. The van der Waals surface area contributed by atoms with Crippen LogP contribution in [0.5, 0.6) is 0 Å². The Balaban J connectivity index is 2.56. The molecule has 1 atom stereocenters. The Morgan fingerprint density at radius 1 is 1.56 bits per heavy atom. The molecule has 0 aliphatic rings. The van der Waals surface area contributed by atoms with Crippen molar-refractivity contribution in [2.75, 3.05) is 0 Å². The van der Waals surface area contributed by atoms with Crippen LogP contribution in [0.25, 0.3) is 0 Å². The molecule has 1 heterocycles. The van der Waals surface area contributed by atoms with Gasteiger partial charge in [0.15, 0.2) is 5.78 Å². The topological polar surface area (TPSA) is 73.8 Å². The molecule has 5 heteroatoms. The van der Waals surface area contributed by atoms with Gasteiger partial charge < -0.3 is 5.73 Å². The van der Waals surface area contributed by atoms with Crippen LogP contribution in [0.3, 0.4) is 0 Å². The molecular weight excluding hydrogens is 204 g/mol. The zero-order chi connectivity index (χ0) is 12.3. The highest BCUT2D eigenvalue weighted by atomic mass is 16.1. The minimum Gasteiger partial charge on any atom is -0.327 e. The van der Waals surface area contributed by atoms with Gasteiger partial charge in [-0.15, -0.1) is 5.10 Å². The lowest BCUT2D eigenvalue weighted by molar-refractivity contribution is 0.0959. The molecule has 5 nitrogen and oxygen atoms in total. The average molecular weight is 224 g/mol. The molecule has 1 rings (SSSR count). The summed E-state index contributed by atoms with van der Waals surface area (Å²) >= 11 is 0. The van der Waals surface area contributed by atoms with E-state index < -0.39 is 0 Å².